The van der Waals surface area contributed by atoms with E-state index in [-0.39, 0.29) is 22.7 Å². The molecule has 2 rings (SSSR count). The van der Waals surface area contributed by atoms with Crippen molar-refractivity contribution in [2.24, 2.45) is 0 Å². The van der Waals surface area contributed by atoms with Gasteiger partial charge in [-0.05, 0) is 18.2 Å². The van der Waals surface area contributed by atoms with Crippen LogP contribution in [0.25, 0.3) is 0 Å². The smallest absolute Gasteiger partial charge is 0.347 e. The number of benzene rings is 2. The van der Waals surface area contributed by atoms with E-state index >= 15 is 0 Å². The third kappa shape index (κ3) is 2.68. The monoisotopic (exact) mass is 259 g/mol. The number of hydrogen-bond acceptors (Lipinski definition) is 5. The Balaban J connectivity index is 2.30. The molecule has 0 fully saturated rings. The van der Waals surface area contributed by atoms with Crippen LogP contribution in [0, 0.1) is 10.1 Å². The predicted octanol–water partition coefficient (Wildman–Crippen LogP) is 2.52. The van der Waals surface area contributed by atoms with Crippen molar-refractivity contribution in [3.8, 4) is 11.5 Å². The van der Waals surface area contributed by atoms with E-state index < -0.39 is 10.9 Å². The van der Waals surface area contributed by atoms with Gasteiger partial charge >= 0.3 is 11.7 Å². The molecule has 0 spiro atoms. The Labute approximate surface area is 108 Å². The third-order valence-corrected chi connectivity index (χ3v) is 2.39. The molecule has 19 heavy (non-hydrogen) atoms. The Morgan fingerprint density at radius 2 is 1.74 bits per heavy atom. The van der Waals surface area contributed by atoms with Gasteiger partial charge in [-0.3, -0.25) is 10.1 Å². The minimum atomic E-state index is -0.854. The zero-order valence-corrected chi connectivity index (χ0v) is 9.65. The van der Waals surface area contributed by atoms with Crippen LogP contribution in [-0.2, 0) is 0 Å². The Morgan fingerprint density at radius 1 is 1.11 bits per heavy atom. The molecule has 0 aromatic heterocycles. The summed E-state index contributed by atoms with van der Waals surface area (Å²) in [4.78, 5) is 21.9. The first-order valence-corrected chi connectivity index (χ1v) is 5.33. The fourth-order valence-electron chi connectivity index (χ4n) is 1.50. The van der Waals surface area contributed by atoms with Gasteiger partial charge in [0.1, 0.15) is 11.3 Å². The molecule has 0 atom stereocenters. The van der Waals surface area contributed by atoms with Crippen LogP contribution in [0.4, 0.5) is 5.69 Å². The highest BCUT2D eigenvalue weighted by molar-refractivity contribution is 5.94. The Kier molecular flexibility index (Phi) is 3.42. The molecule has 2 aromatic rings. The van der Waals surface area contributed by atoms with Gasteiger partial charge in [-0.25, -0.2) is 4.79 Å². The van der Waals surface area contributed by atoms with Crippen LogP contribution in [0.2, 0.25) is 0 Å². The minimum Gasteiger partial charge on any atom is -0.507 e. The molecule has 1 N–H and O–H groups in total. The number of rotatable bonds is 3. The number of para-hydroxylation sites is 3. The average molecular weight is 259 g/mol. The summed E-state index contributed by atoms with van der Waals surface area (Å²) in [6.07, 6.45) is 0. The molecule has 0 saturated carbocycles. The molecule has 6 nitrogen and oxygen atoms in total. The maximum Gasteiger partial charge on any atom is 0.347 e. The lowest BCUT2D eigenvalue weighted by Crippen LogP contribution is -2.09. The van der Waals surface area contributed by atoms with E-state index in [1.807, 2.05) is 0 Å². The van der Waals surface area contributed by atoms with E-state index in [9.17, 15) is 20.0 Å². The van der Waals surface area contributed by atoms with E-state index in [4.69, 9.17) is 4.74 Å². The quantitative estimate of drug-likeness (QED) is 0.396. The van der Waals surface area contributed by atoms with Gasteiger partial charge in [-0.15, -0.1) is 0 Å². The van der Waals surface area contributed by atoms with Crippen molar-refractivity contribution in [2.45, 2.75) is 0 Å². The first kappa shape index (κ1) is 12.6. The van der Waals surface area contributed by atoms with Crippen molar-refractivity contribution < 1.29 is 19.6 Å². The fourth-order valence-corrected chi connectivity index (χ4v) is 1.50. The van der Waals surface area contributed by atoms with Crippen molar-refractivity contribution in [1.29, 1.82) is 0 Å². The largest absolute Gasteiger partial charge is 0.507 e. The van der Waals surface area contributed by atoms with Crippen LogP contribution >= 0.6 is 0 Å². The fraction of sp³-hybridized carbons (Fsp3) is 0. The number of nitrogens with zero attached hydrogens (tertiary/aromatic N) is 1. The van der Waals surface area contributed by atoms with Crippen LogP contribution in [0.5, 0.6) is 11.5 Å². The molecule has 96 valence electrons. The molecule has 0 amide bonds. The number of phenolic OH excluding ortho intramolecular Hbond substituents is 1. The Hall–Kier alpha value is -2.89. The number of esters is 1. The summed E-state index contributed by atoms with van der Waals surface area (Å²) in [6.45, 7) is 0. The van der Waals surface area contributed by atoms with Crippen LogP contribution in [0.1, 0.15) is 10.4 Å². The lowest BCUT2D eigenvalue weighted by molar-refractivity contribution is -0.385. The standard InChI is InChI=1S/C13H9NO5/c15-11-7-3-1-5-9(11)13(16)19-12-8-4-2-6-10(12)14(17)18/h1-8,15H. The second-order valence-corrected chi connectivity index (χ2v) is 3.63. The van der Waals surface area contributed by atoms with Crippen LogP contribution in [0.15, 0.2) is 48.5 Å². The van der Waals surface area contributed by atoms with Crippen molar-refractivity contribution in [1.82, 2.24) is 0 Å². The summed E-state index contributed by atoms with van der Waals surface area (Å²) in [5.41, 5.74) is -0.369. The van der Waals surface area contributed by atoms with Gasteiger partial charge in [0.05, 0.1) is 4.92 Å². The van der Waals surface area contributed by atoms with Crippen molar-refractivity contribution >= 4 is 11.7 Å². The van der Waals surface area contributed by atoms with Crippen LogP contribution in [0.3, 0.4) is 0 Å². The molecule has 0 unspecified atom stereocenters. The van der Waals surface area contributed by atoms with Gasteiger partial charge in [-0.1, -0.05) is 24.3 Å². The van der Waals surface area contributed by atoms with Crippen LogP contribution < -0.4 is 4.74 Å². The molecular weight excluding hydrogens is 250 g/mol. The summed E-state index contributed by atoms with van der Waals surface area (Å²) >= 11 is 0. The summed E-state index contributed by atoms with van der Waals surface area (Å²) in [7, 11) is 0. The lowest BCUT2D eigenvalue weighted by Gasteiger charge is -2.05. The number of nitro groups is 1. The maximum absolute atomic E-state index is 11.8. The van der Waals surface area contributed by atoms with E-state index in [0.717, 1.165) is 0 Å². The van der Waals surface area contributed by atoms with Crippen molar-refractivity contribution in [3.63, 3.8) is 0 Å². The lowest BCUT2D eigenvalue weighted by atomic mass is 10.2. The molecule has 0 aliphatic heterocycles. The number of carbonyl (C=O) groups excluding carboxylic acids is 1. The molecule has 0 bridgehead atoms. The molecule has 0 aliphatic rings. The molecular formula is C13H9NO5. The Bertz CT molecular complexity index is 638. The molecule has 0 radical (unpaired) electrons. The van der Waals surface area contributed by atoms with Crippen LogP contribution in [-0.4, -0.2) is 16.0 Å². The molecule has 0 aliphatic carbocycles. The zero-order valence-electron chi connectivity index (χ0n) is 9.65. The van der Waals surface area contributed by atoms with Gasteiger partial charge in [0.15, 0.2) is 0 Å². The third-order valence-electron chi connectivity index (χ3n) is 2.39. The van der Waals surface area contributed by atoms with Crippen molar-refractivity contribution in [3.05, 3.63) is 64.2 Å². The van der Waals surface area contributed by atoms with E-state index in [0.29, 0.717) is 0 Å². The minimum absolute atomic E-state index is 0.0550. The number of ether oxygens (including phenoxy) is 1. The predicted molar refractivity (Wildman–Crippen MR) is 66.2 cm³/mol. The summed E-state index contributed by atoms with van der Waals surface area (Å²) in [5, 5.41) is 20.3. The highest BCUT2D eigenvalue weighted by Crippen LogP contribution is 2.27. The highest BCUT2D eigenvalue weighted by Gasteiger charge is 2.19. The maximum atomic E-state index is 11.8. The van der Waals surface area contributed by atoms with Gasteiger partial charge < -0.3 is 9.84 Å². The average Bonchev–Trinajstić information content (AvgIpc) is 2.39. The number of carbonyl (C=O) groups is 1. The van der Waals surface area contributed by atoms with Crippen molar-refractivity contribution in [2.75, 3.05) is 0 Å². The number of hydrogen-bond donors (Lipinski definition) is 1. The summed E-state index contributed by atoms with van der Waals surface area (Å²) in [5.74, 6) is -1.26. The van der Waals surface area contributed by atoms with E-state index in [2.05, 4.69) is 0 Å². The molecule has 0 saturated heterocycles. The number of nitro benzene ring substituents is 1. The zero-order chi connectivity index (χ0) is 13.8. The normalized spacial score (nSPS) is 9.89. The molecule has 2 aromatic carbocycles. The van der Waals surface area contributed by atoms with Gasteiger partial charge in [-0.2, -0.15) is 0 Å². The summed E-state index contributed by atoms with van der Waals surface area (Å²) in [6, 6.07) is 11.3. The Morgan fingerprint density at radius 3 is 2.42 bits per heavy atom. The molecule has 6 heteroatoms. The molecule has 0 heterocycles. The number of aromatic hydroxyl groups is 1. The van der Waals surface area contributed by atoms with E-state index in [1.165, 1.54) is 36.4 Å². The first-order valence-electron chi connectivity index (χ1n) is 5.33. The first-order chi connectivity index (χ1) is 9.09. The van der Waals surface area contributed by atoms with Gasteiger partial charge in [0.25, 0.3) is 0 Å². The second-order valence-electron chi connectivity index (χ2n) is 3.63. The highest BCUT2D eigenvalue weighted by atomic mass is 16.6. The topological polar surface area (TPSA) is 89.7 Å². The second kappa shape index (κ2) is 5.18. The summed E-state index contributed by atoms with van der Waals surface area (Å²) < 4.78 is 4.93. The SMILES string of the molecule is O=C(Oc1ccccc1[N+](=O)[O-])c1ccccc1O. The van der Waals surface area contributed by atoms with E-state index in [1.54, 1.807) is 12.1 Å². The van der Waals surface area contributed by atoms with Gasteiger partial charge in [0.2, 0.25) is 5.75 Å². The number of phenols is 1. The van der Waals surface area contributed by atoms with Gasteiger partial charge in [0, 0.05) is 6.07 Å².